The number of aromatic nitrogens is 2. The fraction of sp³-hybridized carbons (Fsp3) is 0.421. The van der Waals surface area contributed by atoms with Crippen molar-refractivity contribution in [1.29, 1.82) is 0 Å². The summed E-state index contributed by atoms with van der Waals surface area (Å²) in [6.45, 7) is 3.13. The molecule has 4 heterocycles. The summed E-state index contributed by atoms with van der Waals surface area (Å²) in [4.78, 5) is 14.2. The molecule has 3 aromatic heterocycles. The van der Waals surface area contributed by atoms with Crippen molar-refractivity contribution in [2.24, 2.45) is 0 Å². The molecule has 160 valence electrons. The zero-order valence-electron chi connectivity index (χ0n) is 16.4. The minimum absolute atomic E-state index is 0.0762. The molecule has 0 bridgehead atoms. The van der Waals surface area contributed by atoms with E-state index in [2.05, 4.69) is 14.9 Å². The third-order valence-corrected chi connectivity index (χ3v) is 7.81. The average Bonchev–Trinajstić information content (AvgIpc) is 3.48. The largest absolute Gasteiger partial charge is 0.469 e. The molecule has 4 rings (SSSR count). The third-order valence-electron chi connectivity index (χ3n) is 4.78. The van der Waals surface area contributed by atoms with Gasteiger partial charge in [0, 0.05) is 30.9 Å². The lowest BCUT2D eigenvalue weighted by Crippen LogP contribution is -2.35. The maximum Gasteiger partial charge on any atom is 0.311 e. The van der Waals surface area contributed by atoms with Crippen molar-refractivity contribution in [3.05, 3.63) is 41.5 Å². The number of nitrogens with zero attached hydrogens (tertiary/aromatic N) is 3. The van der Waals surface area contributed by atoms with Gasteiger partial charge in [0.05, 0.1) is 11.8 Å². The molecule has 3 aromatic rings. The molecule has 1 saturated heterocycles. The zero-order valence-corrected chi connectivity index (χ0v) is 18.0. The van der Waals surface area contributed by atoms with E-state index in [-0.39, 0.29) is 27.9 Å². The molecule has 0 spiro atoms. The average molecular weight is 451 g/mol. The van der Waals surface area contributed by atoms with E-state index in [9.17, 15) is 13.2 Å². The maximum absolute atomic E-state index is 12.7. The van der Waals surface area contributed by atoms with E-state index >= 15 is 0 Å². The zero-order chi connectivity index (χ0) is 21.1. The highest BCUT2D eigenvalue weighted by molar-refractivity contribution is 7.91. The summed E-state index contributed by atoms with van der Waals surface area (Å²) in [5.74, 6) is 0.461. The highest BCUT2D eigenvalue weighted by Gasteiger charge is 2.25. The number of likely N-dealkylation sites (tertiary alicyclic amines) is 1. The quantitative estimate of drug-likeness (QED) is 0.588. The topological polar surface area (TPSA) is 119 Å². The lowest BCUT2D eigenvalue weighted by atomic mass is 10.1. The Morgan fingerprint density at radius 3 is 2.83 bits per heavy atom. The Morgan fingerprint density at radius 2 is 2.10 bits per heavy atom. The second-order valence-electron chi connectivity index (χ2n) is 7.23. The van der Waals surface area contributed by atoms with Gasteiger partial charge in [0.25, 0.3) is 0 Å². The second-order valence-corrected chi connectivity index (χ2v) is 10.1. The minimum atomic E-state index is -3.71. The maximum atomic E-state index is 12.7. The van der Waals surface area contributed by atoms with Crippen LogP contribution < -0.4 is 4.72 Å². The van der Waals surface area contributed by atoms with Crippen LogP contribution in [0.3, 0.4) is 0 Å². The summed E-state index contributed by atoms with van der Waals surface area (Å²) in [5.41, 5.74) is 0.462. The monoisotopic (exact) mass is 450 g/mol. The van der Waals surface area contributed by atoms with Gasteiger partial charge in [0.15, 0.2) is 0 Å². The van der Waals surface area contributed by atoms with Crippen LogP contribution in [-0.4, -0.2) is 48.6 Å². The molecule has 1 aliphatic rings. The van der Waals surface area contributed by atoms with Gasteiger partial charge in [-0.2, -0.15) is 0 Å². The van der Waals surface area contributed by atoms with Crippen molar-refractivity contribution >= 4 is 27.3 Å². The van der Waals surface area contributed by atoms with E-state index in [1.807, 2.05) is 0 Å². The third kappa shape index (κ3) is 4.63. The molecule has 0 saturated carbocycles. The Hall–Kier alpha value is -2.50. The Morgan fingerprint density at radius 1 is 1.30 bits per heavy atom. The number of hydrogen-bond donors (Lipinski definition) is 1. The van der Waals surface area contributed by atoms with Gasteiger partial charge in [0.2, 0.25) is 15.9 Å². The van der Waals surface area contributed by atoms with Gasteiger partial charge in [-0.1, -0.05) is 0 Å². The molecule has 11 heteroatoms. The Labute approximate surface area is 178 Å². The standard InChI is InChI=1S/C19H22N4O5S2/c1-13(10-15-6-5-9-27-15)22-30(25,26)16-11-14(12-29-16)17-20-21-18(28-17)19(24)23-7-3-2-4-8-23/h5-6,9,11-13,22H,2-4,7-8,10H2,1H3/t13-/m0/s1. The first kappa shape index (κ1) is 20.8. The minimum Gasteiger partial charge on any atom is -0.469 e. The van der Waals surface area contributed by atoms with Crippen molar-refractivity contribution in [3.8, 4) is 11.5 Å². The van der Waals surface area contributed by atoms with E-state index in [1.54, 1.807) is 35.6 Å². The van der Waals surface area contributed by atoms with Crippen LogP contribution in [-0.2, 0) is 16.4 Å². The molecule has 0 unspecified atom stereocenters. The number of rotatable bonds is 7. The molecule has 1 atom stereocenters. The van der Waals surface area contributed by atoms with Gasteiger partial charge < -0.3 is 13.7 Å². The summed E-state index contributed by atoms with van der Waals surface area (Å²) in [6.07, 6.45) is 5.03. The van der Waals surface area contributed by atoms with Crippen LogP contribution in [0.4, 0.5) is 0 Å². The van der Waals surface area contributed by atoms with Crippen molar-refractivity contribution in [3.63, 3.8) is 0 Å². The van der Waals surface area contributed by atoms with E-state index in [4.69, 9.17) is 8.83 Å². The highest BCUT2D eigenvalue weighted by Crippen LogP contribution is 2.28. The molecule has 1 aliphatic heterocycles. The van der Waals surface area contributed by atoms with E-state index in [0.29, 0.717) is 30.8 Å². The first-order chi connectivity index (χ1) is 14.4. The van der Waals surface area contributed by atoms with Gasteiger partial charge in [-0.05, 0) is 44.4 Å². The second kappa shape index (κ2) is 8.70. The predicted octanol–water partition coefficient (Wildman–Crippen LogP) is 2.93. The number of sulfonamides is 1. The highest BCUT2D eigenvalue weighted by atomic mass is 32.2. The molecule has 1 amide bonds. The number of amides is 1. The fourth-order valence-corrected chi connectivity index (χ4v) is 5.74. The smallest absolute Gasteiger partial charge is 0.311 e. The van der Waals surface area contributed by atoms with Gasteiger partial charge in [-0.15, -0.1) is 21.5 Å². The molecule has 0 aliphatic carbocycles. The molecule has 0 aromatic carbocycles. The summed E-state index contributed by atoms with van der Waals surface area (Å²) in [6, 6.07) is 4.68. The summed E-state index contributed by atoms with van der Waals surface area (Å²) in [5, 5.41) is 9.39. The first-order valence-electron chi connectivity index (χ1n) is 9.69. The van der Waals surface area contributed by atoms with Crippen LogP contribution in [0.25, 0.3) is 11.5 Å². The molecule has 0 radical (unpaired) electrons. The number of furan rings is 1. The normalized spacial score (nSPS) is 16.0. The number of carbonyl (C=O) groups excluding carboxylic acids is 1. The predicted molar refractivity (Wildman–Crippen MR) is 110 cm³/mol. The fourth-order valence-electron chi connectivity index (χ4n) is 3.32. The Bertz CT molecular complexity index is 1100. The van der Waals surface area contributed by atoms with E-state index in [0.717, 1.165) is 30.6 Å². The van der Waals surface area contributed by atoms with Gasteiger partial charge in [0.1, 0.15) is 9.97 Å². The van der Waals surface area contributed by atoms with Crippen molar-refractivity contribution in [2.75, 3.05) is 13.1 Å². The summed E-state index contributed by atoms with van der Waals surface area (Å²) >= 11 is 1.05. The van der Waals surface area contributed by atoms with E-state index < -0.39 is 10.0 Å². The van der Waals surface area contributed by atoms with Gasteiger partial charge in [-0.3, -0.25) is 4.79 Å². The van der Waals surface area contributed by atoms with Crippen LogP contribution in [0, 0.1) is 0 Å². The van der Waals surface area contributed by atoms with Crippen LogP contribution in [0.5, 0.6) is 0 Å². The first-order valence-corrected chi connectivity index (χ1v) is 12.0. The van der Waals surface area contributed by atoms with Crippen LogP contribution in [0.15, 0.2) is 42.9 Å². The Balaban J connectivity index is 1.44. The van der Waals surface area contributed by atoms with Crippen LogP contribution >= 0.6 is 11.3 Å². The van der Waals surface area contributed by atoms with E-state index in [1.165, 1.54) is 6.07 Å². The molecule has 30 heavy (non-hydrogen) atoms. The molecule has 1 fully saturated rings. The molecular weight excluding hydrogens is 428 g/mol. The number of nitrogens with one attached hydrogen (secondary N) is 1. The number of thiophene rings is 1. The summed E-state index contributed by atoms with van der Waals surface area (Å²) in [7, 11) is -3.71. The molecule has 1 N–H and O–H groups in total. The van der Waals surface area contributed by atoms with Crippen LogP contribution in [0.1, 0.15) is 42.6 Å². The van der Waals surface area contributed by atoms with Crippen LogP contribution in [0.2, 0.25) is 0 Å². The SMILES string of the molecule is C[C@@H](Cc1ccco1)NS(=O)(=O)c1cc(-c2nnc(C(=O)N3CCCCC3)o2)cs1. The van der Waals surface area contributed by atoms with Crippen molar-refractivity contribution in [1.82, 2.24) is 19.8 Å². The Kier molecular flexibility index (Phi) is 6.02. The van der Waals surface area contributed by atoms with Crippen molar-refractivity contribution in [2.45, 2.75) is 42.9 Å². The molecule has 9 nitrogen and oxygen atoms in total. The van der Waals surface area contributed by atoms with Gasteiger partial charge in [-0.25, -0.2) is 13.1 Å². The van der Waals surface area contributed by atoms with Crippen molar-refractivity contribution < 1.29 is 22.0 Å². The summed E-state index contributed by atoms with van der Waals surface area (Å²) < 4.78 is 38.9. The number of hydrogen-bond acceptors (Lipinski definition) is 8. The van der Waals surface area contributed by atoms with Gasteiger partial charge >= 0.3 is 11.8 Å². The number of carbonyl (C=O) groups is 1. The lowest BCUT2D eigenvalue weighted by molar-refractivity contribution is 0.0684. The lowest BCUT2D eigenvalue weighted by Gasteiger charge is -2.24. The molecular formula is C19H22N4O5S2. The number of piperidine rings is 1.